The molecule has 0 saturated carbocycles. The summed E-state index contributed by atoms with van der Waals surface area (Å²) in [5, 5.41) is 8.39. The summed E-state index contributed by atoms with van der Waals surface area (Å²) in [5.74, 6) is 0.574. The number of hydrogen-bond donors (Lipinski definition) is 0. The standard InChI is InChI=1S/C7H7N2O.B/c1-10-7-5-3-2-4-6(7)9-8;/h2-5H,1H3;/q+1;-1. The molecule has 1 aromatic rings. The molecule has 0 fully saturated rings. The summed E-state index contributed by atoms with van der Waals surface area (Å²) in [7, 11) is 1.53. The molecule has 4 radical (unpaired) electrons. The maximum Gasteiger partial charge on any atom is 0.426 e. The van der Waals surface area contributed by atoms with E-state index in [-0.39, 0.29) is 8.41 Å². The lowest BCUT2D eigenvalue weighted by atomic mass is 10.3. The van der Waals surface area contributed by atoms with Crippen LogP contribution < -0.4 is 4.74 Å². The van der Waals surface area contributed by atoms with Gasteiger partial charge in [-0.25, -0.2) is 0 Å². The predicted octanol–water partition coefficient (Wildman–Crippen LogP) is 1.80. The van der Waals surface area contributed by atoms with Crippen LogP contribution in [0.1, 0.15) is 0 Å². The average molecular weight is 146 g/mol. The van der Waals surface area contributed by atoms with Crippen molar-refractivity contribution in [2.45, 2.75) is 0 Å². The SMILES string of the molecule is COc1ccccc1[N+]#N.[B-]. The Morgan fingerprint density at radius 3 is 2.45 bits per heavy atom. The van der Waals surface area contributed by atoms with Crippen molar-refractivity contribution in [3.8, 4) is 5.75 Å². The van der Waals surface area contributed by atoms with Crippen LogP contribution in [0, 0.1) is 5.39 Å². The van der Waals surface area contributed by atoms with Crippen LogP contribution in [0.4, 0.5) is 5.69 Å². The van der Waals surface area contributed by atoms with Crippen molar-refractivity contribution in [1.29, 1.82) is 5.39 Å². The molecule has 1 aromatic carbocycles. The van der Waals surface area contributed by atoms with Crippen molar-refractivity contribution in [2.24, 2.45) is 0 Å². The molecule has 0 atom stereocenters. The third-order valence-corrected chi connectivity index (χ3v) is 1.19. The van der Waals surface area contributed by atoms with Crippen molar-refractivity contribution in [1.82, 2.24) is 0 Å². The van der Waals surface area contributed by atoms with Crippen LogP contribution in [0.25, 0.3) is 4.98 Å². The van der Waals surface area contributed by atoms with Crippen LogP contribution in [-0.2, 0) is 0 Å². The summed E-state index contributed by atoms with van der Waals surface area (Å²) in [6.07, 6.45) is 0. The van der Waals surface area contributed by atoms with Crippen molar-refractivity contribution < 1.29 is 4.74 Å². The van der Waals surface area contributed by atoms with Gasteiger partial charge in [-0.3, -0.25) is 0 Å². The van der Waals surface area contributed by atoms with Crippen LogP contribution in [0.3, 0.4) is 0 Å². The van der Waals surface area contributed by atoms with Gasteiger partial charge in [0, 0.05) is 6.07 Å². The van der Waals surface area contributed by atoms with E-state index in [2.05, 4.69) is 4.98 Å². The van der Waals surface area contributed by atoms with Gasteiger partial charge in [0.2, 0.25) is 11.1 Å². The van der Waals surface area contributed by atoms with E-state index in [1.54, 1.807) is 18.2 Å². The van der Waals surface area contributed by atoms with Crippen LogP contribution in [0.2, 0.25) is 0 Å². The monoisotopic (exact) mass is 146 g/mol. The molecule has 11 heavy (non-hydrogen) atoms. The fourth-order valence-electron chi connectivity index (χ4n) is 0.712. The van der Waals surface area contributed by atoms with E-state index in [0.717, 1.165) is 0 Å². The fourth-order valence-corrected chi connectivity index (χ4v) is 0.712. The first-order valence-electron chi connectivity index (χ1n) is 2.86. The second-order valence-electron chi connectivity index (χ2n) is 1.77. The molecule has 0 bridgehead atoms. The number of benzene rings is 1. The zero-order valence-corrected chi connectivity index (χ0v) is 6.19. The summed E-state index contributed by atoms with van der Waals surface area (Å²) >= 11 is 0. The highest BCUT2D eigenvalue weighted by atomic mass is 16.5. The van der Waals surface area contributed by atoms with Crippen molar-refractivity contribution in [3.63, 3.8) is 0 Å². The van der Waals surface area contributed by atoms with Crippen LogP contribution in [0.15, 0.2) is 24.3 Å². The van der Waals surface area contributed by atoms with Gasteiger partial charge in [0.15, 0.2) is 4.98 Å². The fraction of sp³-hybridized carbons (Fsp3) is 0.143. The Bertz CT molecular complexity index is 269. The molecular formula is C7H7BN2O. The highest BCUT2D eigenvalue weighted by Crippen LogP contribution is 2.25. The molecule has 0 aromatic heterocycles. The van der Waals surface area contributed by atoms with Gasteiger partial charge in [0.05, 0.1) is 7.11 Å². The Hall–Kier alpha value is -1.50. The first-order valence-corrected chi connectivity index (χ1v) is 2.86. The number of rotatable bonds is 1. The van der Waals surface area contributed by atoms with Gasteiger partial charge in [-0.1, -0.05) is 12.1 Å². The number of para-hydroxylation sites is 1. The molecule has 0 amide bonds. The van der Waals surface area contributed by atoms with Crippen LogP contribution in [0.5, 0.6) is 5.75 Å². The summed E-state index contributed by atoms with van der Waals surface area (Å²) in [6.45, 7) is 0. The zero-order chi connectivity index (χ0) is 7.40. The van der Waals surface area contributed by atoms with Gasteiger partial charge >= 0.3 is 5.69 Å². The zero-order valence-electron chi connectivity index (χ0n) is 6.19. The molecular weight excluding hydrogens is 139 g/mol. The quantitative estimate of drug-likeness (QED) is 0.447. The third kappa shape index (κ3) is 1.97. The third-order valence-electron chi connectivity index (χ3n) is 1.19. The largest absolute Gasteiger partial charge is 1.00 e. The molecule has 0 aliphatic rings. The normalized spacial score (nSPS) is 7.64. The molecule has 0 aliphatic carbocycles. The van der Waals surface area contributed by atoms with E-state index in [0.29, 0.717) is 11.4 Å². The molecule has 0 unspecified atom stereocenters. The Labute approximate surface area is 67.2 Å². The van der Waals surface area contributed by atoms with Crippen molar-refractivity contribution in [3.05, 3.63) is 29.2 Å². The van der Waals surface area contributed by atoms with Crippen LogP contribution >= 0.6 is 0 Å². The summed E-state index contributed by atoms with van der Waals surface area (Å²) in [6, 6.07) is 6.99. The van der Waals surface area contributed by atoms with E-state index in [4.69, 9.17) is 10.1 Å². The molecule has 0 saturated heterocycles. The number of hydrogen-bond acceptors (Lipinski definition) is 2. The smallest absolute Gasteiger partial charge is 0.426 e. The lowest BCUT2D eigenvalue weighted by Gasteiger charge is -1.91. The maximum absolute atomic E-state index is 8.39. The summed E-state index contributed by atoms with van der Waals surface area (Å²) < 4.78 is 4.88. The Morgan fingerprint density at radius 2 is 2.00 bits per heavy atom. The van der Waals surface area contributed by atoms with Crippen molar-refractivity contribution >= 4 is 14.1 Å². The first-order chi connectivity index (χ1) is 4.88. The second-order valence-corrected chi connectivity index (χ2v) is 1.77. The highest BCUT2D eigenvalue weighted by Gasteiger charge is 2.10. The lowest BCUT2D eigenvalue weighted by molar-refractivity contribution is 0.417. The molecule has 54 valence electrons. The molecule has 0 spiro atoms. The van der Waals surface area contributed by atoms with Gasteiger partial charge in [-0.2, -0.15) is 0 Å². The highest BCUT2D eigenvalue weighted by molar-refractivity contribution is 5.75. The summed E-state index contributed by atoms with van der Waals surface area (Å²) in [5.41, 5.74) is 0.449. The van der Waals surface area contributed by atoms with E-state index in [1.807, 2.05) is 6.07 Å². The minimum absolute atomic E-state index is 0. The molecule has 0 heterocycles. The van der Waals surface area contributed by atoms with Gasteiger partial charge in [0.25, 0.3) is 0 Å². The molecule has 0 aliphatic heterocycles. The molecule has 3 nitrogen and oxygen atoms in total. The van der Waals surface area contributed by atoms with E-state index >= 15 is 0 Å². The second kappa shape index (κ2) is 4.34. The molecule has 4 heteroatoms. The Kier molecular flexibility index (Phi) is 3.75. The van der Waals surface area contributed by atoms with E-state index < -0.39 is 0 Å². The average Bonchev–Trinajstić information content (AvgIpc) is 2.04. The van der Waals surface area contributed by atoms with E-state index in [9.17, 15) is 0 Å². The minimum Gasteiger partial charge on any atom is -1.00 e. The van der Waals surface area contributed by atoms with Crippen molar-refractivity contribution in [2.75, 3.05) is 7.11 Å². The first kappa shape index (κ1) is 9.50. The lowest BCUT2D eigenvalue weighted by Crippen LogP contribution is -1.80. The Morgan fingerprint density at radius 1 is 1.36 bits per heavy atom. The predicted molar refractivity (Wildman–Crippen MR) is 43.5 cm³/mol. The number of methoxy groups -OCH3 is 1. The summed E-state index contributed by atoms with van der Waals surface area (Å²) in [4.78, 5) is 3.02. The number of diazo groups is 1. The van der Waals surface area contributed by atoms with Crippen LogP contribution in [-0.4, -0.2) is 15.5 Å². The van der Waals surface area contributed by atoms with Gasteiger partial charge in [-0.15, -0.1) is 0 Å². The van der Waals surface area contributed by atoms with Gasteiger partial charge < -0.3 is 13.1 Å². The Balaban J connectivity index is 0.000001000. The topological polar surface area (TPSA) is 37.4 Å². The van der Waals surface area contributed by atoms with E-state index in [1.165, 1.54) is 7.11 Å². The number of ether oxygens (including phenoxy) is 1. The number of nitrogens with zero attached hydrogens (tertiary/aromatic N) is 2. The maximum atomic E-state index is 8.39. The van der Waals surface area contributed by atoms with Gasteiger partial charge in [-0.05, 0) is 6.07 Å². The minimum atomic E-state index is 0. The molecule has 1 rings (SSSR count). The molecule has 0 N–H and O–H groups in total. The van der Waals surface area contributed by atoms with Gasteiger partial charge in [0.1, 0.15) is 0 Å².